The lowest BCUT2D eigenvalue weighted by Crippen LogP contribution is -2.23. The number of Topliss-reactive ketones (excluding diaryl/α,β-unsaturated/α-hetero) is 2. The summed E-state index contributed by atoms with van der Waals surface area (Å²) in [6.45, 7) is 1.98. The lowest BCUT2D eigenvalue weighted by atomic mass is 9.89. The Kier molecular flexibility index (Phi) is 5.45. The molecule has 28 heavy (non-hydrogen) atoms. The maximum absolute atomic E-state index is 11.8. The Bertz CT molecular complexity index is 1080. The second kappa shape index (κ2) is 7.96. The van der Waals surface area contributed by atoms with Gasteiger partial charge < -0.3 is 4.74 Å². The van der Waals surface area contributed by atoms with E-state index < -0.39 is 17.5 Å². The van der Waals surface area contributed by atoms with Crippen LogP contribution in [0.2, 0.25) is 0 Å². The van der Waals surface area contributed by atoms with Gasteiger partial charge in [0.1, 0.15) is 11.7 Å². The van der Waals surface area contributed by atoms with Crippen molar-refractivity contribution < 1.29 is 23.9 Å². The molecule has 0 aliphatic rings. The Morgan fingerprint density at radius 2 is 1.39 bits per heavy atom. The molecule has 3 rings (SSSR count). The molecule has 0 aliphatic carbocycles. The number of carbonyl (C=O) groups is 4. The van der Waals surface area contributed by atoms with Crippen LogP contribution in [0.1, 0.15) is 17.0 Å². The molecule has 0 spiro atoms. The van der Waals surface area contributed by atoms with Gasteiger partial charge >= 0.3 is 0 Å². The Morgan fingerprint density at radius 1 is 0.821 bits per heavy atom. The van der Waals surface area contributed by atoms with Gasteiger partial charge in [-0.05, 0) is 64.2 Å². The molecule has 0 fully saturated rings. The van der Waals surface area contributed by atoms with Gasteiger partial charge in [0.2, 0.25) is 11.6 Å². The minimum absolute atomic E-state index is 0.0748. The highest BCUT2D eigenvalue weighted by Crippen LogP contribution is 2.30. The van der Waals surface area contributed by atoms with Crippen LogP contribution in [0.25, 0.3) is 21.9 Å². The van der Waals surface area contributed by atoms with Gasteiger partial charge in [0.15, 0.2) is 12.6 Å². The van der Waals surface area contributed by atoms with Gasteiger partial charge in [-0.25, -0.2) is 0 Å². The predicted octanol–water partition coefficient (Wildman–Crippen LogP) is 3.44. The molecule has 0 N–H and O–H groups in total. The fourth-order valence-corrected chi connectivity index (χ4v) is 3.29. The van der Waals surface area contributed by atoms with Crippen LogP contribution in [0.5, 0.6) is 5.75 Å². The number of methoxy groups -OCH3 is 1. The van der Waals surface area contributed by atoms with Crippen molar-refractivity contribution in [2.24, 2.45) is 0 Å². The third-order valence-corrected chi connectivity index (χ3v) is 4.73. The van der Waals surface area contributed by atoms with Crippen LogP contribution in [-0.2, 0) is 19.2 Å². The highest BCUT2D eigenvalue weighted by atomic mass is 16.5. The first-order valence-corrected chi connectivity index (χ1v) is 8.65. The first-order valence-electron chi connectivity index (χ1n) is 8.65. The predicted molar refractivity (Wildman–Crippen MR) is 106 cm³/mol. The Morgan fingerprint density at radius 3 is 2.00 bits per heavy atom. The molecule has 0 bridgehead atoms. The summed E-state index contributed by atoms with van der Waals surface area (Å²) < 4.78 is 5.29. The minimum atomic E-state index is -1.39. The molecule has 5 nitrogen and oxygen atoms in total. The number of ether oxygens (including phenoxy) is 1. The van der Waals surface area contributed by atoms with Gasteiger partial charge in [-0.2, -0.15) is 0 Å². The SMILES string of the molecule is COc1ccc(-c2ccc3cc(C(C(=O)C=O)C(=O)C=O)ccc3c2)cc1C. The number of aldehydes is 2. The maximum Gasteiger partial charge on any atom is 0.210 e. The number of hydrogen-bond donors (Lipinski definition) is 0. The number of hydrogen-bond acceptors (Lipinski definition) is 5. The summed E-state index contributed by atoms with van der Waals surface area (Å²) in [5.41, 5.74) is 3.40. The number of rotatable bonds is 7. The Balaban J connectivity index is 2.03. The van der Waals surface area contributed by atoms with E-state index in [0.717, 1.165) is 33.2 Å². The maximum atomic E-state index is 11.8. The molecule has 0 aliphatic heterocycles. The average Bonchev–Trinajstić information content (AvgIpc) is 2.73. The van der Waals surface area contributed by atoms with Crippen molar-refractivity contribution in [2.75, 3.05) is 7.11 Å². The third-order valence-electron chi connectivity index (χ3n) is 4.73. The second-order valence-corrected chi connectivity index (χ2v) is 6.48. The third kappa shape index (κ3) is 3.60. The van der Waals surface area contributed by atoms with E-state index in [-0.39, 0.29) is 12.6 Å². The van der Waals surface area contributed by atoms with Gasteiger partial charge in [0, 0.05) is 0 Å². The van der Waals surface area contributed by atoms with Gasteiger partial charge in [0.25, 0.3) is 0 Å². The Hall–Kier alpha value is -3.60. The van der Waals surface area contributed by atoms with E-state index in [1.165, 1.54) is 0 Å². The molecule has 3 aromatic rings. The van der Waals surface area contributed by atoms with Crippen molar-refractivity contribution >= 4 is 34.9 Å². The lowest BCUT2D eigenvalue weighted by molar-refractivity contribution is -0.138. The van der Waals surface area contributed by atoms with E-state index in [2.05, 4.69) is 0 Å². The number of fused-ring (bicyclic) bond motifs is 1. The summed E-state index contributed by atoms with van der Waals surface area (Å²) in [5.74, 6) is -2.42. The quantitative estimate of drug-likeness (QED) is 0.360. The summed E-state index contributed by atoms with van der Waals surface area (Å²) in [5, 5.41) is 1.71. The molecular formula is C23H18O5. The van der Waals surface area contributed by atoms with E-state index in [4.69, 9.17) is 4.74 Å². The Labute approximate surface area is 161 Å². The second-order valence-electron chi connectivity index (χ2n) is 6.48. The summed E-state index contributed by atoms with van der Waals surface area (Å²) in [4.78, 5) is 45.3. The van der Waals surface area contributed by atoms with Crippen molar-refractivity contribution in [3.63, 3.8) is 0 Å². The van der Waals surface area contributed by atoms with E-state index >= 15 is 0 Å². The van der Waals surface area contributed by atoms with E-state index in [0.29, 0.717) is 5.56 Å². The van der Waals surface area contributed by atoms with E-state index in [9.17, 15) is 19.2 Å². The van der Waals surface area contributed by atoms with Crippen LogP contribution in [-0.4, -0.2) is 31.2 Å². The molecular weight excluding hydrogens is 356 g/mol. The average molecular weight is 374 g/mol. The highest BCUT2D eigenvalue weighted by molar-refractivity contribution is 6.42. The van der Waals surface area contributed by atoms with Crippen LogP contribution < -0.4 is 4.74 Å². The number of aryl methyl sites for hydroxylation is 1. The van der Waals surface area contributed by atoms with E-state index in [1.807, 2.05) is 43.3 Å². The molecule has 0 amide bonds. The fraction of sp³-hybridized carbons (Fsp3) is 0.130. The van der Waals surface area contributed by atoms with Crippen molar-refractivity contribution in [1.82, 2.24) is 0 Å². The number of carbonyl (C=O) groups excluding carboxylic acids is 4. The molecule has 0 unspecified atom stereocenters. The molecule has 0 aromatic heterocycles. The zero-order valence-electron chi connectivity index (χ0n) is 15.5. The number of benzene rings is 3. The summed E-state index contributed by atoms with van der Waals surface area (Å²) in [7, 11) is 1.63. The van der Waals surface area contributed by atoms with Crippen LogP contribution in [0.3, 0.4) is 0 Å². The van der Waals surface area contributed by atoms with Crippen molar-refractivity contribution in [3.8, 4) is 16.9 Å². The minimum Gasteiger partial charge on any atom is -0.496 e. The van der Waals surface area contributed by atoms with Gasteiger partial charge in [-0.15, -0.1) is 0 Å². The highest BCUT2D eigenvalue weighted by Gasteiger charge is 2.27. The van der Waals surface area contributed by atoms with Crippen LogP contribution >= 0.6 is 0 Å². The molecule has 5 heteroatoms. The zero-order chi connectivity index (χ0) is 20.3. The molecule has 0 saturated carbocycles. The molecule has 0 atom stereocenters. The topological polar surface area (TPSA) is 77.5 Å². The molecule has 0 radical (unpaired) electrons. The number of ketones is 2. The zero-order valence-corrected chi connectivity index (χ0v) is 15.5. The standard InChI is InChI=1S/C23H18O5/c1-14-9-15(7-8-22(14)28-2)16-3-4-18-11-19(6-5-17(18)10-16)23(20(26)12-24)21(27)13-25/h3-13,23H,1-2H3. The first kappa shape index (κ1) is 19.2. The van der Waals surface area contributed by atoms with Crippen molar-refractivity contribution in [1.29, 1.82) is 0 Å². The summed E-state index contributed by atoms with van der Waals surface area (Å²) in [6, 6.07) is 16.8. The monoisotopic (exact) mass is 374 g/mol. The molecule has 0 saturated heterocycles. The van der Waals surface area contributed by atoms with Gasteiger partial charge in [-0.1, -0.05) is 30.3 Å². The lowest BCUT2D eigenvalue weighted by Gasteiger charge is -2.12. The molecule has 0 heterocycles. The smallest absolute Gasteiger partial charge is 0.210 e. The van der Waals surface area contributed by atoms with Gasteiger partial charge in [-0.3, -0.25) is 19.2 Å². The van der Waals surface area contributed by atoms with E-state index in [1.54, 1.807) is 25.3 Å². The summed E-state index contributed by atoms with van der Waals surface area (Å²) in [6.07, 6.45) is 0.150. The summed E-state index contributed by atoms with van der Waals surface area (Å²) >= 11 is 0. The van der Waals surface area contributed by atoms with Crippen LogP contribution in [0.4, 0.5) is 0 Å². The van der Waals surface area contributed by atoms with Crippen LogP contribution in [0, 0.1) is 6.92 Å². The first-order chi connectivity index (χ1) is 13.5. The molecule has 140 valence electrons. The van der Waals surface area contributed by atoms with Crippen molar-refractivity contribution in [2.45, 2.75) is 12.8 Å². The van der Waals surface area contributed by atoms with Crippen molar-refractivity contribution in [3.05, 3.63) is 65.7 Å². The molecule has 3 aromatic carbocycles. The normalized spacial score (nSPS) is 10.7. The van der Waals surface area contributed by atoms with Crippen LogP contribution in [0.15, 0.2) is 54.6 Å². The largest absolute Gasteiger partial charge is 0.496 e. The van der Waals surface area contributed by atoms with Gasteiger partial charge in [0.05, 0.1) is 7.11 Å². The fourth-order valence-electron chi connectivity index (χ4n) is 3.29.